The number of thioether (sulfide) groups is 1. The second-order valence-corrected chi connectivity index (χ2v) is 6.64. The van der Waals surface area contributed by atoms with Crippen LogP contribution in [0.25, 0.3) is 6.08 Å². The maximum absolute atomic E-state index is 12.3. The highest BCUT2D eigenvalue weighted by Crippen LogP contribution is 2.34. The largest absolute Gasteiger partial charge is 0.490 e. The van der Waals surface area contributed by atoms with Crippen LogP contribution in [-0.4, -0.2) is 48.4 Å². The molecule has 1 aliphatic rings. The summed E-state index contributed by atoms with van der Waals surface area (Å²) >= 11 is 0.782. The molecule has 0 radical (unpaired) electrons. The lowest BCUT2D eigenvalue weighted by molar-refractivity contribution is -0.143. The third kappa shape index (κ3) is 4.78. The van der Waals surface area contributed by atoms with Crippen molar-refractivity contribution in [2.75, 3.05) is 20.3 Å². The van der Waals surface area contributed by atoms with Gasteiger partial charge in [0.05, 0.1) is 24.7 Å². The second-order valence-electron chi connectivity index (χ2n) is 5.65. The van der Waals surface area contributed by atoms with Crippen LogP contribution >= 0.6 is 11.8 Å². The number of rotatable bonds is 7. The van der Waals surface area contributed by atoms with Crippen LogP contribution < -0.4 is 9.47 Å². The molecule has 2 rings (SSSR count). The van der Waals surface area contributed by atoms with E-state index in [2.05, 4.69) is 4.74 Å². The molecule has 140 valence electrons. The van der Waals surface area contributed by atoms with Gasteiger partial charge in [-0.1, -0.05) is 6.07 Å². The van der Waals surface area contributed by atoms with Crippen molar-refractivity contribution < 1.29 is 28.6 Å². The molecule has 0 saturated carbocycles. The fourth-order valence-electron chi connectivity index (χ4n) is 2.22. The molecular formula is C18H21NO6S. The first-order valence-corrected chi connectivity index (χ1v) is 8.93. The Hall–Kier alpha value is -2.48. The maximum atomic E-state index is 12.3. The van der Waals surface area contributed by atoms with Gasteiger partial charge in [-0.15, -0.1) is 0 Å². The van der Waals surface area contributed by atoms with Crippen molar-refractivity contribution in [1.29, 1.82) is 0 Å². The summed E-state index contributed by atoms with van der Waals surface area (Å²) in [6.07, 6.45) is 1.58. The minimum atomic E-state index is -0.651. The Labute approximate surface area is 156 Å². The van der Waals surface area contributed by atoms with Crippen LogP contribution in [-0.2, 0) is 14.3 Å². The Morgan fingerprint density at radius 3 is 2.62 bits per heavy atom. The Morgan fingerprint density at radius 1 is 1.27 bits per heavy atom. The average Bonchev–Trinajstić information content (AvgIpc) is 2.84. The summed E-state index contributed by atoms with van der Waals surface area (Å²) < 4.78 is 15.8. The molecule has 0 unspecified atom stereocenters. The minimum absolute atomic E-state index is 0.00474. The molecule has 1 fully saturated rings. The lowest BCUT2D eigenvalue weighted by Gasteiger charge is -2.15. The van der Waals surface area contributed by atoms with Crippen LogP contribution in [0.5, 0.6) is 11.5 Å². The highest BCUT2D eigenvalue weighted by Gasteiger charge is 2.36. The Bertz CT molecular complexity index is 743. The van der Waals surface area contributed by atoms with Crippen LogP contribution in [0.1, 0.15) is 26.3 Å². The number of amides is 2. The number of hydrogen-bond acceptors (Lipinski definition) is 7. The first kappa shape index (κ1) is 19.8. The third-order valence-electron chi connectivity index (χ3n) is 3.32. The zero-order valence-electron chi connectivity index (χ0n) is 15.1. The third-order valence-corrected chi connectivity index (χ3v) is 4.22. The first-order valence-electron chi connectivity index (χ1n) is 8.11. The highest BCUT2D eigenvalue weighted by molar-refractivity contribution is 8.18. The summed E-state index contributed by atoms with van der Waals surface area (Å²) in [5.74, 6) is -0.00484. The van der Waals surface area contributed by atoms with Crippen molar-refractivity contribution in [2.24, 2.45) is 0 Å². The molecule has 0 aromatic heterocycles. The number of hydrogen-bond donors (Lipinski definition) is 0. The van der Waals surface area contributed by atoms with Gasteiger partial charge in [0.15, 0.2) is 11.5 Å². The predicted molar refractivity (Wildman–Crippen MR) is 98.1 cm³/mol. The van der Waals surface area contributed by atoms with Crippen LogP contribution in [0.4, 0.5) is 4.79 Å². The summed E-state index contributed by atoms with van der Waals surface area (Å²) in [6, 6.07) is 5.28. The number of methoxy groups -OCH3 is 1. The van der Waals surface area contributed by atoms with Gasteiger partial charge in [0.25, 0.3) is 11.1 Å². The van der Waals surface area contributed by atoms with Gasteiger partial charge in [-0.3, -0.25) is 19.3 Å². The zero-order valence-corrected chi connectivity index (χ0v) is 15.9. The lowest BCUT2D eigenvalue weighted by atomic mass is 10.2. The fourth-order valence-corrected chi connectivity index (χ4v) is 3.05. The van der Waals surface area contributed by atoms with E-state index in [1.54, 1.807) is 24.3 Å². The Balaban J connectivity index is 2.26. The molecule has 7 nitrogen and oxygen atoms in total. The summed E-state index contributed by atoms with van der Waals surface area (Å²) in [7, 11) is 1.20. The predicted octanol–water partition coefficient (Wildman–Crippen LogP) is 3.08. The van der Waals surface area contributed by atoms with Crippen molar-refractivity contribution in [3.8, 4) is 11.5 Å². The molecule has 1 aliphatic heterocycles. The van der Waals surface area contributed by atoms with E-state index in [-0.39, 0.29) is 11.0 Å². The van der Waals surface area contributed by atoms with Crippen LogP contribution in [0, 0.1) is 0 Å². The molecule has 26 heavy (non-hydrogen) atoms. The van der Waals surface area contributed by atoms with Gasteiger partial charge >= 0.3 is 5.97 Å². The van der Waals surface area contributed by atoms with Gasteiger partial charge in [-0.2, -0.15) is 0 Å². The summed E-state index contributed by atoms with van der Waals surface area (Å²) in [6.45, 7) is 5.77. The van der Waals surface area contributed by atoms with E-state index >= 15 is 0 Å². The number of carbonyl (C=O) groups is 3. The van der Waals surface area contributed by atoms with Crippen LogP contribution in [0.2, 0.25) is 0 Å². The topological polar surface area (TPSA) is 82.1 Å². The van der Waals surface area contributed by atoms with E-state index in [0.717, 1.165) is 16.7 Å². The number of benzene rings is 1. The average molecular weight is 379 g/mol. The van der Waals surface area contributed by atoms with E-state index < -0.39 is 23.7 Å². The molecule has 0 aliphatic carbocycles. The fraction of sp³-hybridized carbons (Fsp3) is 0.389. The molecule has 8 heteroatoms. The number of carbonyl (C=O) groups excluding carboxylic acids is 3. The normalized spacial score (nSPS) is 15.7. The van der Waals surface area contributed by atoms with Crippen molar-refractivity contribution in [3.63, 3.8) is 0 Å². The monoisotopic (exact) mass is 379 g/mol. The van der Waals surface area contributed by atoms with E-state index in [1.807, 2.05) is 20.8 Å². The lowest BCUT2D eigenvalue weighted by Crippen LogP contribution is -2.34. The van der Waals surface area contributed by atoms with Crippen LogP contribution in [0.15, 0.2) is 23.1 Å². The molecule has 1 aromatic rings. The Morgan fingerprint density at radius 2 is 2.00 bits per heavy atom. The van der Waals surface area contributed by atoms with Gasteiger partial charge in [-0.25, -0.2) is 0 Å². The number of esters is 1. The van der Waals surface area contributed by atoms with Gasteiger partial charge < -0.3 is 14.2 Å². The smallest absolute Gasteiger partial charge is 0.325 e. The summed E-state index contributed by atoms with van der Waals surface area (Å²) in [4.78, 5) is 36.7. The van der Waals surface area contributed by atoms with Crippen LogP contribution in [0.3, 0.4) is 0 Å². The van der Waals surface area contributed by atoms with Crippen molar-refractivity contribution >= 4 is 35.0 Å². The molecule has 0 N–H and O–H groups in total. The van der Waals surface area contributed by atoms with Crippen molar-refractivity contribution in [1.82, 2.24) is 4.90 Å². The quantitative estimate of drug-likeness (QED) is 0.532. The van der Waals surface area contributed by atoms with Gasteiger partial charge in [0.1, 0.15) is 6.54 Å². The summed E-state index contributed by atoms with van der Waals surface area (Å²) in [5, 5.41) is -0.503. The van der Waals surface area contributed by atoms with Crippen molar-refractivity contribution in [2.45, 2.75) is 26.9 Å². The highest BCUT2D eigenvalue weighted by atomic mass is 32.2. The molecule has 0 spiro atoms. The maximum Gasteiger partial charge on any atom is 0.325 e. The van der Waals surface area contributed by atoms with E-state index in [9.17, 15) is 14.4 Å². The minimum Gasteiger partial charge on any atom is -0.490 e. The SMILES string of the molecule is CCOc1cc(/C=C2/SC(=O)N(CC(=O)OC)C2=O)ccc1OC(C)C. The number of nitrogens with zero attached hydrogens (tertiary/aromatic N) is 1. The summed E-state index contributed by atoms with van der Waals surface area (Å²) in [5.41, 5.74) is 0.688. The van der Waals surface area contributed by atoms with E-state index in [0.29, 0.717) is 23.7 Å². The molecule has 2 amide bonds. The van der Waals surface area contributed by atoms with Crippen molar-refractivity contribution in [3.05, 3.63) is 28.7 Å². The van der Waals surface area contributed by atoms with Gasteiger partial charge in [0.2, 0.25) is 0 Å². The zero-order chi connectivity index (χ0) is 19.3. The molecule has 0 bridgehead atoms. The van der Waals surface area contributed by atoms with E-state index in [4.69, 9.17) is 9.47 Å². The molecule has 1 aromatic carbocycles. The van der Waals surface area contributed by atoms with Gasteiger partial charge in [0, 0.05) is 0 Å². The Kier molecular flexibility index (Phi) is 6.68. The number of imide groups is 1. The first-order chi connectivity index (χ1) is 12.3. The molecule has 1 saturated heterocycles. The molecule has 0 atom stereocenters. The molecular weight excluding hydrogens is 358 g/mol. The van der Waals surface area contributed by atoms with E-state index in [1.165, 1.54) is 7.11 Å². The standard InChI is InChI=1S/C18H21NO6S/c1-5-24-14-8-12(6-7-13(14)25-11(2)3)9-15-17(21)19(18(22)26-15)10-16(20)23-4/h6-9,11H,5,10H2,1-4H3/b15-9+. The number of ether oxygens (including phenoxy) is 3. The molecule has 1 heterocycles. The second kappa shape index (κ2) is 8.75. The van der Waals surface area contributed by atoms with Gasteiger partial charge in [-0.05, 0) is 56.3 Å².